The molecular formula is C33H54N4O3S2. The fourth-order valence-electron chi connectivity index (χ4n) is 6.48. The van der Waals surface area contributed by atoms with E-state index in [1.807, 2.05) is 54.4 Å². The highest BCUT2D eigenvalue weighted by atomic mass is 32.1. The van der Waals surface area contributed by atoms with Crippen LogP contribution in [0, 0.1) is 5.92 Å². The quantitative estimate of drug-likeness (QED) is 0.326. The Balaban J connectivity index is 0.00000220. The molecule has 7 nitrogen and oxygen atoms in total. The van der Waals surface area contributed by atoms with E-state index < -0.39 is 0 Å². The number of carbonyl (C=O) groups is 1. The van der Waals surface area contributed by atoms with Gasteiger partial charge in [-0.05, 0) is 81.2 Å². The molecule has 5 rings (SSSR count). The van der Waals surface area contributed by atoms with Gasteiger partial charge in [-0.2, -0.15) is 27.0 Å². The lowest BCUT2D eigenvalue weighted by Gasteiger charge is -2.42. The van der Waals surface area contributed by atoms with E-state index in [1.54, 1.807) is 0 Å². The number of hydrogen-bond donors (Lipinski definition) is 2. The Labute approximate surface area is 267 Å². The Morgan fingerprint density at radius 3 is 2.33 bits per heavy atom. The average molecular weight is 619 g/mol. The zero-order valence-corrected chi connectivity index (χ0v) is 25.6. The molecule has 2 saturated carbocycles. The Hall–Kier alpha value is -2.36. The summed E-state index contributed by atoms with van der Waals surface area (Å²) >= 11 is 0. The van der Waals surface area contributed by atoms with Gasteiger partial charge in [-0.15, -0.1) is 0 Å². The highest BCUT2D eigenvalue weighted by Gasteiger charge is 2.35. The molecule has 1 heterocycles. The lowest BCUT2D eigenvalue weighted by atomic mass is 9.80. The molecule has 1 atom stereocenters. The van der Waals surface area contributed by atoms with Crippen LogP contribution in [0.4, 0.5) is 5.69 Å². The summed E-state index contributed by atoms with van der Waals surface area (Å²) in [6.45, 7) is 0.632. The molecule has 1 aliphatic heterocycles. The van der Waals surface area contributed by atoms with Crippen LogP contribution in [0.2, 0.25) is 0 Å². The molecule has 2 aliphatic carbocycles. The van der Waals surface area contributed by atoms with Crippen molar-refractivity contribution in [1.82, 2.24) is 9.80 Å². The number of ether oxygens (including phenoxy) is 1. The summed E-state index contributed by atoms with van der Waals surface area (Å²) in [4.78, 5) is 22.2. The molecule has 2 aromatic rings. The second-order valence-corrected chi connectivity index (χ2v) is 11.3. The minimum absolute atomic E-state index is 0. The van der Waals surface area contributed by atoms with E-state index in [4.69, 9.17) is 15.5 Å². The van der Waals surface area contributed by atoms with Crippen LogP contribution in [0.15, 0.2) is 53.5 Å². The van der Waals surface area contributed by atoms with Crippen LogP contribution in [0.1, 0.15) is 91.0 Å². The molecule has 2 aromatic carbocycles. The SMILES string of the molecule is C.C.CN(C(=O)CC[C@@H](C1CCC(O)CC1)N1Cc2cc(Oc3ccccc3)ccc2N=C1N)C1CCCCC1.S.S. The predicted octanol–water partition coefficient (Wildman–Crippen LogP) is 7.23. The van der Waals surface area contributed by atoms with Crippen LogP contribution >= 0.6 is 27.0 Å². The van der Waals surface area contributed by atoms with Gasteiger partial charge in [0.1, 0.15) is 11.5 Å². The molecule has 0 radical (unpaired) electrons. The summed E-state index contributed by atoms with van der Waals surface area (Å²) in [5.41, 5.74) is 8.51. The molecule has 0 unspecified atom stereocenters. The van der Waals surface area contributed by atoms with Gasteiger partial charge in [0.05, 0.1) is 11.8 Å². The first-order valence-electron chi connectivity index (χ1n) is 14.4. The number of aliphatic imine (C=N–C) groups is 1. The van der Waals surface area contributed by atoms with Crippen molar-refractivity contribution in [3.63, 3.8) is 0 Å². The van der Waals surface area contributed by atoms with Crippen molar-refractivity contribution in [2.24, 2.45) is 16.6 Å². The van der Waals surface area contributed by atoms with Gasteiger partial charge in [0.15, 0.2) is 5.96 Å². The highest BCUT2D eigenvalue weighted by Crippen LogP contribution is 2.37. The monoisotopic (exact) mass is 618 g/mol. The maximum Gasteiger partial charge on any atom is 0.222 e. The van der Waals surface area contributed by atoms with Crippen LogP contribution in [0.3, 0.4) is 0 Å². The smallest absolute Gasteiger partial charge is 0.222 e. The molecule has 1 amide bonds. The highest BCUT2D eigenvalue weighted by molar-refractivity contribution is 7.59. The Bertz CT molecular complexity index is 1120. The molecule has 0 aromatic heterocycles. The summed E-state index contributed by atoms with van der Waals surface area (Å²) in [5.74, 6) is 2.67. The standard InChI is InChI=1S/C31H42N4O3.2CH4.2H2S/c1-34(24-8-4-2-5-9-24)30(37)19-18-29(22-12-14-25(36)15-13-22)35-21-23-20-27(16-17-28(23)33-31(35)32)38-26-10-6-3-7-11-26;;;;/h3,6-7,10-11,16-17,20,22,24-25,29,36H,2,4-5,8-9,12-15,18-19,21H2,1H3,(H2,32,33);2*1H4;2*1H2/t22?,25?,29-;;;;/m0..../s1. The van der Waals surface area contributed by atoms with Gasteiger partial charge in [-0.25, -0.2) is 4.99 Å². The number of benzene rings is 2. The van der Waals surface area contributed by atoms with Gasteiger partial charge in [0, 0.05) is 37.7 Å². The molecule has 3 N–H and O–H groups in total. The summed E-state index contributed by atoms with van der Waals surface area (Å²) in [6, 6.07) is 16.2. The predicted molar refractivity (Wildman–Crippen MR) is 185 cm³/mol. The summed E-state index contributed by atoms with van der Waals surface area (Å²) < 4.78 is 6.08. The number of hydrogen-bond acceptors (Lipinski definition) is 6. The summed E-state index contributed by atoms with van der Waals surface area (Å²) in [5, 5.41) is 10.2. The minimum atomic E-state index is -0.225. The first kappa shape index (κ1) is 37.7. The van der Waals surface area contributed by atoms with Crippen molar-refractivity contribution in [2.75, 3.05) is 7.05 Å². The van der Waals surface area contributed by atoms with Crippen molar-refractivity contribution in [1.29, 1.82) is 0 Å². The van der Waals surface area contributed by atoms with Crippen LogP contribution in [0.5, 0.6) is 11.5 Å². The van der Waals surface area contributed by atoms with Crippen LogP contribution < -0.4 is 10.5 Å². The molecule has 3 aliphatic rings. The van der Waals surface area contributed by atoms with E-state index in [0.717, 1.165) is 67.7 Å². The van der Waals surface area contributed by atoms with Crippen molar-refractivity contribution >= 4 is 44.5 Å². The number of amides is 1. The number of aliphatic hydroxyl groups excluding tert-OH is 1. The van der Waals surface area contributed by atoms with Gasteiger partial charge < -0.3 is 25.4 Å². The Morgan fingerprint density at radius 2 is 1.67 bits per heavy atom. The molecule has 0 spiro atoms. The molecule has 9 heteroatoms. The van der Waals surface area contributed by atoms with Crippen LogP contribution in [0.25, 0.3) is 0 Å². The van der Waals surface area contributed by atoms with Crippen molar-refractivity contribution < 1.29 is 14.6 Å². The van der Waals surface area contributed by atoms with Crippen molar-refractivity contribution in [2.45, 2.75) is 110 Å². The largest absolute Gasteiger partial charge is 0.457 e. The zero-order valence-electron chi connectivity index (χ0n) is 23.6. The third kappa shape index (κ3) is 9.32. The van der Waals surface area contributed by atoms with Gasteiger partial charge in [0.25, 0.3) is 0 Å². The molecule has 0 saturated heterocycles. The van der Waals surface area contributed by atoms with Crippen LogP contribution in [-0.2, 0) is 11.3 Å². The van der Waals surface area contributed by atoms with Gasteiger partial charge in [-0.3, -0.25) is 4.79 Å². The molecule has 2 fully saturated rings. The van der Waals surface area contributed by atoms with E-state index in [2.05, 4.69) is 11.0 Å². The van der Waals surface area contributed by atoms with Gasteiger partial charge >= 0.3 is 0 Å². The Kier molecular flexibility index (Phi) is 15.9. The van der Waals surface area contributed by atoms with Gasteiger partial charge in [-0.1, -0.05) is 52.3 Å². The van der Waals surface area contributed by atoms with E-state index in [-0.39, 0.29) is 59.9 Å². The van der Waals surface area contributed by atoms with E-state index in [1.165, 1.54) is 19.3 Å². The molecule has 42 heavy (non-hydrogen) atoms. The number of aliphatic hydroxyl groups is 1. The lowest BCUT2D eigenvalue weighted by Crippen LogP contribution is -2.50. The number of para-hydroxylation sites is 1. The molecular weight excluding hydrogens is 565 g/mol. The van der Waals surface area contributed by atoms with Crippen molar-refractivity contribution in [3.05, 3.63) is 54.1 Å². The number of nitrogens with zero attached hydrogens (tertiary/aromatic N) is 3. The normalized spacial score (nSPS) is 20.6. The average Bonchev–Trinajstić information content (AvgIpc) is 2.95. The second-order valence-electron chi connectivity index (χ2n) is 11.3. The fraction of sp³-hybridized carbons (Fsp3) is 0.576. The number of nitrogens with two attached hydrogens (primary N) is 1. The molecule has 0 bridgehead atoms. The first-order valence-corrected chi connectivity index (χ1v) is 14.4. The fourth-order valence-corrected chi connectivity index (χ4v) is 6.48. The van der Waals surface area contributed by atoms with Crippen molar-refractivity contribution in [3.8, 4) is 11.5 Å². The second kappa shape index (κ2) is 17.7. The maximum absolute atomic E-state index is 13.3. The topological polar surface area (TPSA) is 91.4 Å². The third-order valence-corrected chi connectivity index (χ3v) is 8.76. The maximum atomic E-state index is 13.3. The van der Waals surface area contributed by atoms with E-state index in [0.29, 0.717) is 30.9 Å². The number of rotatable bonds is 8. The summed E-state index contributed by atoms with van der Waals surface area (Å²) in [6.07, 6.45) is 10.4. The number of fused-ring (bicyclic) bond motifs is 1. The first-order chi connectivity index (χ1) is 18.5. The zero-order chi connectivity index (χ0) is 26.5. The third-order valence-electron chi connectivity index (χ3n) is 8.76. The minimum Gasteiger partial charge on any atom is -0.457 e. The Morgan fingerprint density at radius 1 is 1.00 bits per heavy atom. The number of guanidine groups is 1. The van der Waals surface area contributed by atoms with Gasteiger partial charge in [0.2, 0.25) is 5.91 Å². The van der Waals surface area contributed by atoms with E-state index in [9.17, 15) is 9.90 Å². The molecule has 236 valence electrons. The number of carbonyl (C=O) groups excluding carboxylic acids is 1. The van der Waals surface area contributed by atoms with Crippen LogP contribution in [-0.4, -0.2) is 52.0 Å². The van der Waals surface area contributed by atoms with E-state index >= 15 is 0 Å². The lowest BCUT2D eigenvalue weighted by molar-refractivity contribution is -0.133. The summed E-state index contributed by atoms with van der Waals surface area (Å²) in [7, 11) is 1.98.